The highest BCUT2D eigenvalue weighted by atomic mass is 16.5. The normalized spacial score (nSPS) is 12.8. The van der Waals surface area contributed by atoms with E-state index in [1.54, 1.807) is 6.08 Å². The second-order valence-electron chi connectivity index (χ2n) is 23.9. The van der Waals surface area contributed by atoms with Crippen LogP contribution in [0.5, 0.6) is 0 Å². The summed E-state index contributed by atoms with van der Waals surface area (Å²) < 4.78 is 5.49. The van der Waals surface area contributed by atoms with Crippen molar-refractivity contribution in [3.8, 4) is 0 Å². The zero-order valence-electron chi connectivity index (χ0n) is 52.4. The molecule has 0 aliphatic heterocycles. The second-order valence-corrected chi connectivity index (χ2v) is 23.9. The average Bonchev–Trinajstić information content (AvgIpc) is 3.44. The Morgan fingerprint density at radius 1 is 0.359 bits per heavy atom. The third kappa shape index (κ3) is 63.0. The van der Waals surface area contributed by atoms with E-state index in [2.05, 4.69) is 55.6 Å². The van der Waals surface area contributed by atoms with E-state index in [-0.39, 0.29) is 18.5 Å². The first-order valence-electron chi connectivity index (χ1n) is 34.9. The number of unbranched alkanes of at least 4 members (excludes halogenated alkanes) is 48. The van der Waals surface area contributed by atoms with Crippen molar-refractivity contribution in [1.82, 2.24) is 5.32 Å². The molecule has 1 amide bonds. The Hall–Kier alpha value is -2.18. The Kier molecular flexibility index (Phi) is 65.4. The summed E-state index contributed by atoms with van der Waals surface area (Å²) in [6, 6.07) is -0.632. The predicted octanol–water partition coefficient (Wildman–Crippen LogP) is 22.5. The van der Waals surface area contributed by atoms with Gasteiger partial charge in [-0.2, -0.15) is 0 Å². The van der Waals surface area contributed by atoms with Gasteiger partial charge in [0.05, 0.1) is 25.4 Å². The van der Waals surface area contributed by atoms with E-state index < -0.39 is 12.1 Å². The SMILES string of the molecule is CCCCCC/C=C\C/C=C\CCCCCCCC(=O)OCCCCCCCCCCCCCC/C=C\CCCCCCCCCCCC(=O)NC(CO)C(O)/C=C/CCCCCCCCCCCCCCCCCCCC. The molecule has 6 heteroatoms. The molecule has 0 fully saturated rings. The van der Waals surface area contributed by atoms with Gasteiger partial charge in [-0.1, -0.05) is 319 Å². The van der Waals surface area contributed by atoms with Crippen LogP contribution in [0.3, 0.4) is 0 Å². The maximum atomic E-state index is 12.5. The second kappa shape index (κ2) is 67.3. The fraction of sp³-hybridized carbons (Fsp3) is 0.861. The third-order valence-corrected chi connectivity index (χ3v) is 16.1. The topological polar surface area (TPSA) is 95.9 Å². The lowest BCUT2D eigenvalue weighted by atomic mass is 10.0. The first-order chi connectivity index (χ1) is 38.5. The van der Waals surface area contributed by atoms with Crippen LogP contribution in [0.15, 0.2) is 48.6 Å². The molecule has 0 aromatic carbocycles. The van der Waals surface area contributed by atoms with Gasteiger partial charge in [0.2, 0.25) is 5.91 Å². The lowest BCUT2D eigenvalue weighted by Gasteiger charge is -2.20. The van der Waals surface area contributed by atoms with Crippen molar-refractivity contribution in [3.63, 3.8) is 0 Å². The quantitative estimate of drug-likeness (QED) is 0.0320. The summed E-state index contributed by atoms with van der Waals surface area (Å²) in [5.41, 5.74) is 0. The number of esters is 1. The zero-order valence-corrected chi connectivity index (χ0v) is 52.4. The number of carbonyl (C=O) groups excluding carboxylic acids is 2. The van der Waals surface area contributed by atoms with E-state index >= 15 is 0 Å². The fourth-order valence-corrected chi connectivity index (χ4v) is 10.7. The molecule has 458 valence electrons. The summed E-state index contributed by atoms with van der Waals surface area (Å²) in [6.45, 7) is 4.90. The first kappa shape index (κ1) is 75.8. The highest BCUT2D eigenvalue weighted by Gasteiger charge is 2.18. The van der Waals surface area contributed by atoms with Gasteiger partial charge in [-0.25, -0.2) is 0 Å². The Balaban J connectivity index is 3.43. The van der Waals surface area contributed by atoms with Crippen molar-refractivity contribution in [3.05, 3.63) is 48.6 Å². The molecule has 2 unspecified atom stereocenters. The number of carbonyl (C=O) groups is 2. The van der Waals surface area contributed by atoms with E-state index in [0.717, 1.165) is 51.4 Å². The number of aliphatic hydroxyl groups excluding tert-OH is 2. The molecular weight excluding hydrogens is 959 g/mol. The van der Waals surface area contributed by atoms with Gasteiger partial charge in [-0.3, -0.25) is 9.59 Å². The molecule has 2 atom stereocenters. The summed E-state index contributed by atoms with van der Waals surface area (Å²) in [5, 5.41) is 23.2. The molecule has 0 saturated carbocycles. The fourth-order valence-electron chi connectivity index (χ4n) is 10.7. The summed E-state index contributed by atoms with van der Waals surface area (Å²) >= 11 is 0. The standard InChI is InChI=1S/C72H135NO5/c1-3-5-7-9-11-13-15-17-19-21-22-30-33-36-40-44-48-52-56-60-64-70(75)69(68-74)73-71(76)65-61-57-53-49-45-41-37-34-31-28-26-24-23-25-27-29-32-35-39-43-47-51-55-59-63-67-78-72(77)66-62-58-54-50-46-42-38-20-18-16-14-12-10-8-6-4-2/h14,16,20,24,26,38,60,64,69-70,74-75H,3-13,15,17-19,21-23,25,27-37,39-59,61-63,65-68H2,1-2H3,(H,73,76)/b16-14-,26-24-,38-20-,64-60+. The molecule has 0 saturated heterocycles. The molecule has 0 bridgehead atoms. The van der Waals surface area contributed by atoms with E-state index in [9.17, 15) is 19.8 Å². The summed E-state index contributed by atoms with van der Waals surface area (Å²) in [4.78, 5) is 24.6. The minimum Gasteiger partial charge on any atom is -0.466 e. The molecular formula is C72H135NO5. The monoisotopic (exact) mass is 1090 g/mol. The molecule has 0 aliphatic rings. The van der Waals surface area contributed by atoms with Crippen LogP contribution in [-0.2, 0) is 14.3 Å². The van der Waals surface area contributed by atoms with Gasteiger partial charge in [0.15, 0.2) is 0 Å². The van der Waals surface area contributed by atoms with E-state index in [0.29, 0.717) is 19.4 Å². The van der Waals surface area contributed by atoms with Crippen LogP contribution in [0.2, 0.25) is 0 Å². The summed E-state index contributed by atoms with van der Waals surface area (Å²) in [5.74, 6) is -0.0688. The van der Waals surface area contributed by atoms with Gasteiger partial charge in [0, 0.05) is 12.8 Å². The smallest absolute Gasteiger partial charge is 0.305 e. The molecule has 78 heavy (non-hydrogen) atoms. The number of hydrogen-bond acceptors (Lipinski definition) is 5. The molecule has 0 aromatic rings. The van der Waals surface area contributed by atoms with Crippen molar-refractivity contribution >= 4 is 11.9 Å². The van der Waals surface area contributed by atoms with Crippen molar-refractivity contribution in [2.45, 2.75) is 386 Å². The summed E-state index contributed by atoms with van der Waals surface area (Å²) in [7, 11) is 0. The van der Waals surface area contributed by atoms with Gasteiger partial charge >= 0.3 is 5.97 Å². The summed E-state index contributed by atoms with van der Waals surface area (Å²) in [6.07, 6.45) is 87.5. The minimum absolute atomic E-state index is 0.000308. The van der Waals surface area contributed by atoms with Gasteiger partial charge in [-0.15, -0.1) is 0 Å². The van der Waals surface area contributed by atoms with Crippen LogP contribution in [0.4, 0.5) is 0 Å². The van der Waals surface area contributed by atoms with Crippen molar-refractivity contribution < 1.29 is 24.5 Å². The first-order valence-corrected chi connectivity index (χ1v) is 34.9. The average molecular weight is 1090 g/mol. The van der Waals surface area contributed by atoms with E-state index in [1.807, 2.05) is 6.08 Å². The molecule has 3 N–H and O–H groups in total. The molecule has 0 aromatic heterocycles. The molecule has 0 heterocycles. The lowest BCUT2D eigenvalue weighted by molar-refractivity contribution is -0.143. The molecule has 0 radical (unpaired) electrons. The Bertz CT molecular complexity index is 1310. The molecule has 0 rings (SSSR count). The highest BCUT2D eigenvalue weighted by molar-refractivity contribution is 5.76. The number of aliphatic hydroxyl groups is 2. The third-order valence-electron chi connectivity index (χ3n) is 16.1. The minimum atomic E-state index is -0.848. The highest BCUT2D eigenvalue weighted by Crippen LogP contribution is 2.18. The maximum Gasteiger partial charge on any atom is 0.305 e. The largest absolute Gasteiger partial charge is 0.466 e. The Labute approximate surface area is 486 Å². The van der Waals surface area contributed by atoms with Crippen molar-refractivity contribution in [2.75, 3.05) is 13.2 Å². The Morgan fingerprint density at radius 3 is 1.00 bits per heavy atom. The van der Waals surface area contributed by atoms with Crippen LogP contribution in [0, 0.1) is 0 Å². The van der Waals surface area contributed by atoms with Gasteiger partial charge in [0.1, 0.15) is 0 Å². The van der Waals surface area contributed by atoms with Crippen molar-refractivity contribution in [1.29, 1.82) is 0 Å². The number of amides is 1. The number of hydrogen-bond donors (Lipinski definition) is 3. The Morgan fingerprint density at radius 2 is 0.641 bits per heavy atom. The van der Waals surface area contributed by atoms with Gasteiger partial charge in [0.25, 0.3) is 0 Å². The molecule has 6 nitrogen and oxygen atoms in total. The maximum absolute atomic E-state index is 12.5. The van der Waals surface area contributed by atoms with Gasteiger partial charge in [-0.05, 0) is 89.9 Å². The van der Waals surface area contributed by atoms with Gasteiger partial charge < -0.3 is 20.3 Å². The number of rotatable bonds is 65. The van der Waals surface area contributed by atoms with E-state index in [4.69, 9.17) is 4.74 Å². The number of allylic oxidation sites excluding steroid dienone is 7. The molecule has 0 aliphatic carbocycles. The van der Waals surface area contributed by atoms with Crippen LogP contribution >= 0.6 is 0 Å². The number of ether oxygens (including phenoxy) is 1. The van der Waals surface area contributed by atoms with Crippen LogP contribution < -0.4 is 5.32 Å². The predicted molar refractivity (Wildman–Crippen MR) is 342 cm³/mol. The van der Waals surface area contributed by atoms with Crippen molar-refractivity contribution in [2.24, 2.45) is 0 Å². The lowest BCUT2D eigenvalue weighted by Crippen LogP contribution is -2.45. The molecule has 0 spiro atoms. The zero-order chi connectivity index (χ0) is 56.4. The van der Waals surface area contributed by atoms with Crippen LogP contribution in [0.1, 0.15) is 373 Å². The van der Waals surface area contributed by atoms with Crippen LogP contribution in [-0.4, -0.2) is 47.4 Å². The number of nitrogens with one attached hydrogen (secondary N) is 1. The van der Waals surface area contributed by atoms with Crippen LogP contribution in [0.25, 0.3) is 0 Å². The van der Waals surface area contributed by atoms with E-state index in [1.165, 1.54) is 295 Å².